The zero-order valence-electron chi connectivity index (χ0n) is 16.4. The van der Waals surface area contributed by atoms with Crippen molar-refractivity contribution in [2.75, 3.05) is 18.9 Å². The van der Waals surface area contributed by atoms with Crippen LogP contribution in [0.2, 0.25) is 0 Å². The number of non-ortho nitro benzene ring substituents is 1. The van der Waals surface area contributed by atoms with Gasteiger partial charge in [0.15, 0.2) is 0 Å². The minimum atomic E-state index is -0.406. The van der Waals surface area contributed by atoms with Crippen LogP contribution in [0.5, 0.6) is 0 Å². The third-order valence-corrected chi connectivity index (χ3v) is 4.88. The zero-order valence-corrected chi connectivity index (χ0v) is 16.4. The van der Waals surface area contributed by atoms with Crippen molar-refractivity contribution in [3.05, 3.63) is 69.3 Å². The minimum absolute atomic E-state index is 0.0571. The predicted molar refractivity (Wildman–Crippen MR) is 108 cm³/mol. The van der Waals surface area contributed by atoms with E-state index in [1.54, 1.807) is 12.1 Å². The molecule has 6 nitrogen and oxygen atoms in total. The lowest BCUT2D eigenvalue weighted by atomic mass is 10.0. The van der Waals surface area contributed by atoms with Crippen LogP contribution in [-0.4, -0.2) is 29.3 Å². The molecule has 1 amide bonds. The number of hydrogen-bond acceptors (Lipinski definition) is 4. The average Bonchev–Trinajstić information content (AvgIpc) is 2.67. The van der Waals surface area contributed by atoms with E-state index in [0.717, 1.165) is 35.2 Å². The van der Waals surface area contributed by atoms with E-state index in [2.05, 4.69) is 19.2 Å². The molecule has 0 bridgehead atoms. The first-order valence-corrected chi connectivity index (χ1v) is 9.22. The standard InChI is InChI=1S/C21H27N3O3/c1-5-16-9-7-10-17(6-2)21(16)22-20(25)14-23(4)15(3)18-11-8-12-19(13-18)24(26)27/h7-13,15H,5-6,14H2,1-4H3,(H,22,25)/t15-/m0/s1. The quantitative estimate of drug-likeness (QED) is 0.554. The molecule has 0 aromatic heterocycles. The summed E-state index contributed by atoms with van der Waals surface area (Å²) in [5.41, 5.74) is 4.02. The van der Waals surface area contributed by atoms with Crippen molar-refractivity contribution >= 4 is 17.3 Å². The van der Waals surface area contributed by atoms with Crippen LogP contribution in [-0.2, 0) is 17.6 Å². The molecule has 1 N–H and O–H groups in total. The van der Waals surface area contributed by atoms with Crippen molar-refractivity contribution < 1.29 is 9.72 Å². The molecule has 0 spiro atoms. The van der Waals surface area contributed by atoms with E-state index in [4.69, 9.17) is 0 Å². The molecule has 2 aromatic carbocycles. The Kier molecular flexibility index (Phi) is 7.07. The fourth-order valence-electron chi connectivity index (χ4n) is 3.10. The molecule has 144 valence electrons. The van der Waals surface area contributed by atoms with Crippen molar-refractivity contribution in [3.8, 4) is 0 Å². The molecule has 1 atom stereocenters. The molecule has 0 fully saturated rings. The summed E-state index contributed by atoms with van der Waals surface area (Å²) in [6.07, 6.45) is 1.70. The maximum Gasteiger partial charge on any atom is 0.269 e. The van der Waals surface area contributed by atoms with Gasteiger partial charge in [-0.3, -0.25) is 19.8 Å². The second-order valence-electron chi connectivity index (χ2n) is 6.65. The second-order valence-corrected chi connectivity index (χ2v) is 6.65. The van der Waals surface area contributed by atoms with Gasteiger partial charge in [0.25, 0.3) is 5.69 Å². The normalized spacial score (nSPS) is 12.0. The highest BCUT2D eigenvalue weighted by molar-refractivity contribution is 5.93. The SMILES string of the molecule is CCc1cccc(CC)c1NC(=O)CN(C)[C@@H](C)c1cccc([N+](=O)[O-])c1. The van der Waals surface area contributed by atoms with Gasteiger partial charge in [0, 0.05) is 23.9 Å². The lowest BCUT2D eigenvalue weighted by molar-refractivity contribution is -0.384. The lowest BCUT2D eigenvalue weighted by Crippen LogP contribution is -2.32. The number of nitrogens with one attached hydrogen (secondary N) is 1. The van der Waals surface area contributed by atoms with E-state index in [0.29, 0.717) is 0 Å². The van der Waals surface area contributed by atoms with Crippen LogP contribution in [0, 0.1) is 10.1 Å². The van der Waals surface area contributed by atoms with Gasteiger partial charge in [-0.1, -0.05) is 44.2 Å². The number of likely N-dealkylation sites (N-methyl/N-ethyl adjacent to an activating group) is 1. The van der Waals surface area contributed by atoms with E-state index < -0.39 is 4.92 Å². The van der Waals surface area contributed by atoms with E-state index in [-0.39, 0.29) is 24.2 Å². The van der Waals surface area contributed by atoms with Gasteiger partial charge in [-0.05, 0) is 43.5 Å². The van der Waals surface area contributed by atoms with E-state index in [1.807, 2.05) is 43.1 Å². The van der Waals surface area contributed by atoms with Crippen LogP contribution in [0.1, 0.15) is 43.5 Å². The number of nitro groups is 1. The topological polar surface area (TPSA) is 75.5 Å². The molecule has 27 heavy (non-hydrogen) atoms. The zero-order chi connectivity index (χ0) is 20.0. The molecule has 0 heterocycles. The Hall–Kier alpha value is -2.73. The van der Waals surface area contributed by atoms with Crippen LogP contribution in [0.4, 0.5) is 11.4 Å². The maximum absolute atomic E-state index is 12.6. The number of rotatable bonds is 8. The number of hydrogen-bond donors (Lipinski definition) is 1. The molecule has 0 radical (unpaired) electrons. The van der Waals surface area contributed by atoms with Crippen molar-refractivity contribution in [1.29, 1.82) is 0 Å². The first-order chi connectivity index (χ1) is 12.9. The molecule has 0 aliphatic rings. The summed E-state index contributed by atoms with van der Waals surface area (Å²) >= 11 is 0. The Morgan fingerprint density at radius 2 is 1.74 bits per heavy atom. The molecule has 0 saturated heterocycles. The Balaban J connectivity index is 2.10. The molecule has 2 rings (SSSR count). The number of benzene rings is 2. The third kappa shape index (κ3) is 5.14. The van der Waals surface area contributed by atoms with Crippen LogP contribution in [0.15, 0.2) is 42.5 Å². The van der Waals surface area contributed by atoms with Crippen molar-refractivity contribution in [2.24, 2.45) is 0 Å². The molecule has 0 saturated carbocycles. The predicted octanol–water partition coefficient (Wildman–Crippen LogP) is 4.35. The summed E-state index contributed by atoms with van der Waals surface area (Å²) < 4.78 is 0. The molecule has 2 aromatic rings. The van der Waals surface area contributed by atoms with Crippen molar-refractivity contribution in [2.45, 2.75) is 39.7 Å². The summed E-state index contributed by atoms with van der Waals surface area (Å²) in [6, 6.07) is 12.5. The van der Waals surface area contributed by atoms with Gasteiger partial charge in [0.1, 0.15) is 0 Å². The van der Waals surface area contributed by atoms with Gasteiger partial charge in [-0.25, -0.2) is 0 Å². The molecule has 0 aliphatic carbocycles. The summed E-state index contributed by atoms with van der Waals surface area (Å²) in [4.78, 5) is 25.1. The number of carbonyl (C=O) groups excluding carboxylic acids is 1. The van der Waals surface area contributed by atoms with Gasteiger partial charge < -0.3 is 5.32 Å². The van der Waals surface area contributed by atoms with E-state index in [1.165, 1.54) is 6.07 Å². The van der Waals surface area contributed by atoms with Crippen LogP contribution in [0.3, 0.4) is 0 Å². The first kappa shape index (κ1) is 20.6. The monoisotopic (exact) mass is 369 g/mol. The van der Waals surface area contributed by atoms with Crippen LogP contribution >= 0.6 is 0 Å². The van der Waals surface area contributed by atoms with Gasteiger partial charge in [0.05, 0.1) is 11.5 Å². The van der Waals surface area contributed by atoms with Crippen molar-refractivity contribution in [1.82, 2.24) is 4.90 Å². The van der Waals surface area contributed by atoms with Gasteiger partial charge >= 0.3 is 0 Å². The summed E-state index contributed by atoms with van der Waals surface area (Å²) in [7, 11) is 1.84. The van der Waals surface area contributed by atoms with Gasteiger partial charge in [-0.15, -0.1) is 0 Å². The molecule has 6 heteroatoms. The molecular weight excluding hydrogens is 342 g/mol. The highest BCUT2D eigenvalue weighted by Crippen LogP contribution is 2.24. The summed E-state index contributed by atoms with van der Waals surface area (Å²) in [5, 5.41) is 14.0. The average molecular weight is 369 g/mol. The fraction of sp³-hybridized carbons (Fsp3) is 0.381. The van der Waals surface area contributed by atoms with Gasteiger partial charge in [-0.2, -0.15) is 0 Å². The Labute approximate surface area is 160 Å². The Bertz CT molecular complexity index is 798. The fourth-order valence-corrected chi connectivity index (χ4v) is 3.10. The highest BCUT2D eigenvalue weighted by atomic mass is 16.6. The highest BCUT2D eigenvalue weighted by Gasteiger charge is 2.18. The molecule has 0 aliphatic heterocycles. The minimum Gasteiger partial charge on any atom is -0.324 e. The van der Waals surface area contributed by atoms with Crippen molar-refractivity contribution in [3.63, 3.8) is 0 Å². The van der Waals surface area contributed by atoms with Gasteiger partial charge in [0.2, 0.25) is 5.91 Å². The third-order valence-electron chi connectivity index (χ3n) is 4.88. The number of aryl methyl sites for hydroxylation is 2. The molecule has 0 unspecified atom stereocenters. The largest absolute Gasteiger partial charge is 0.324 e. The number of para-hydroxylation sites is 1. The number of carbonyl (C=O) groups is 1. The molecular formula is C21H27N3O3. The second kappa shape index (κ2) is 9.28. The lowest BCUT2D eigenvalue weighted by Gasteiger charge is -2.25. The maximum atomic E-state index is 12.6. The van der Waals surface area contributed by atoms with E-state index >= 15 is 0 Å². The van der Waals surface area contributed by atoms with E-state index in [9.17, 15) is 14.9 Å². The Morgan fingerprint density at radius 1 is 1.15 bits per heavy atom. The van der Waals surface area contributed by atoms with Crippen LogP contribution in [0.25, 0.3) is 0 Å². The smallest absolute Gasteiger partial charge is 0.269 e. The van der Waals surface area contributed by atoms with Crippen LogP contribution < -0.4 is 5.32 Å². The number of amides is 1. The summed E-state index contributed by atoms with van der Waals surface area (Å²) in [6.45, 7) is 6.27. The number of anilines is 1. The Morgan fingerprint density at radius 3 is 2.30 bits per heavy atom. The number of nitrogens with zero attached hydrogens (tertiary/aromatic N) is 2. The summed E-state index contributed by atoms with van der Waals surface area (Å²) in [5.74, 6) is -0.0922. The number of nitro benzene ring substituents is 1. The first-order valence-electron chi connectivity index (χ1n) is 9.22.